The molecule has 34 heavy (non-hydrogen) atoms. The molecular weight excluding hydrogens is 470 g/mol. The van der Waals surface area contributed by atoms with Crippen LogP contribution in [0, 0.1) is 0 Å². The number of para-hydroxylation sites is 1. The molecule has 0 aliphatic carbocycles. The number of fused-ring (bicyclic) bond motifs is 1. The van der Waals surface area contributed by atoms with Gasteiger partial charge in [0.2, 0.25) is 15.9 Å². The minimum absolute atomic E-state index is 0.00213. The second-order valence-corrected chi connectivity index (χ2v) is 10.6. The number of ketones is 1. The van der Waals surface area contributed by atoms with Gasteiger partial charge in [0.1, 0.15) is 0 Å². The maximum atomic E-state index is 12.5. The molecule has 7 nitrogen and oxygen atoms in total. The average Bonchev–Trinajstić information content (AvgIpc) is 3.50. The summed E-state index contributed by atoms with van der Waals surface area (Å²) in [5, 5.41) is 6.06. The molecule has 4 rings (SSSR count). The number of thiophene rings is 1. The monoisotopic (exact) mass is 495 g/mol. The summed E-state index contributed by atoms with van der Waals surface area (Å²) in [7, 11) is -3.82. The first-order valence-corrected chi connectivity index (χ1v) is 13.2. The van der Waals surface area contributed by atoms with Crippen LogP contribution in [-0.2, 0) is 14.8 Å². The maximum absolute atomic E-state index is 12.5. The molecule has 0 saturated carbocycles. The van der Waals surface area contributed by atoms with Gasteiger partial charge in [-0.3, -0.25) is 9.59 Å². The average molecular weight is 496 g/mol. The molecule has 0 saturated heterocycles. The number of sulfonamides is 1. The van der Waals surface area contributed by atoms with Crippen LogP contribution in [0.3, 0.4) is 0 Å². The van der Waals surface area contributed by atoms with Crippen molar-refractivity contribution in [3.63, 3.8) is 0 Å². The van der Waals surface area contributed by atoms with Gasteiger partial charge >= 0.3 is 0 Å². The molecule has 2 heterocycles. The van der Waals surface area contributed by atoms with Crippen LogP contribution in [0.15, 0.2) is 77.1 Å². The SMILES string of the molecule is CC(=O)c1cccc(S(=O)(=O)NCCC(=O)NCC(c2cccs2)c2c[nH]c3ccccc23)c1. The van der Waals surface area contributed by atoms with Gasteiger partial charge in [0.25, 0.3) is 0 Å². The van der Waals surface area contributed by atoms with Crippen molar-refractivity contribution in [1.29, 1.82) is 0 Å². The van der Waals surface area contributed by atoms with Crippen molar-refractivity contribution in [3.05, 3.63) is 88.2 Å². The standard InChI is InChI=1S/C25H25N3O4S2/c1-17(29)18-6-4-7-19(14-18)34(31,32)28-12-11-25(30)27-16-22(24-10-5-13-33-24)21-15-26-23-9-3-2-8-20(21)23/h2-10,13-15,22,26,28H,11-12,16H2,1H3,(H,27,30). The fourth-order valence-electron chi connectivity index (χ4n) is 3.80. The molecule has 0 spiro atoms. The van der Waals surface area contributed by atoms with E-state index in [0.29, 0.717) is 12.1 Å². The molecule has 1 atom stereocenters. The summed E-state index contributed by atoms with van der Waals surface area (Å²) in [5.74, 6) is -0.486. The number of aromatic nitrogens is 1. The Bertz CT molecular complexity index is 1410. The molecule has 4 aromatic rings. The zero-order chi connectivity index (χ0) is 24.1. The summed E-state index contributed by atoms with van der Waals surface area (Å²) in [5.41, 5.74) is 2.45. The van der Waals surface area contributed by atoms with Crippen LogP contribution < -0.4 is 10.0 Å². The highest BCUT2D eigenvalue weighted by Crippen LogP contribution is 2.32. The first-order chi connectivity index (χ1) is 16.3. The molecule has 0 bridgehead atoms. The van der Waals surface area contributed by atoms with E-state index in [9.17, 15) is 18.0 Å². The lowest BCUT2D eigenvalue weighted by atomic mass is 9.96. The van der Waals surface area contributed by atoms with Crippen molar-refractivity contribution in [2.45, 2.75) is 24.2 Å². The van der Waals surface area contributed by atoms with E-state index in [4.69, 9.17) is 0 Å². The van der Waals surface area contributed by atoms with Gasteiger partial charge in [0.05, 0.1) is 4.90 Å². The Balaban J connectivity index is 1.38. The van der Waals surface area contributed by atoms with Gasteiger partial charge in [0, 0.05) is 53.0 Å². The lowest BCUT2D eigenvalue weighted by molar-refractivity contribution is -0.120. The molecule has 2 aromatic carbocycles. The largest absolute Gasteiger partial charge is 0.361 e. The van der Waals surface area contributed by atoms with Crippen molar-refractivity contribution in [2.24, 2.45) is 0 Å². The van der Waals surface area contributed by atoms with Gasteiger partial charge in [-0.25, -0.2) is 13.1 Å². The van der Waals surface area contributed by atoms with Crippen LogP contribution in [0.5, 0.6) is 0 Å². The van der Waals surface area contributed by atoms with E-state index in [0.717, 1.165) is 21.3 Å². The summed E-state index contributed by atoms with van der Waals surface area (Å²) in [6.45, 7) is 1.73. The third-order valence-electron chi connectivity index (χ3n) is 5.58. The third-order valence-corrected chi connectivity index (χ3v) is 8.03. The first-order valence-electron chi connectivity index (χ1n) is 10.8. The van der Waals surface area contributed by atoms with Crippen molar-refractivity contribution in [1.82, 2.24) is 15.0 Å². The van der Waals surface area contributed by atoms with E-state index in [1.807, 2.05) is 41.9 Å². The topological polar surface area (TPSA) is 108 Å². The Hall–Kier alpha value is -3.27. The zero-order valence-electron chi connectivity index (χ0n) is 18.6. The van der Waals surface area contributed by atoms with Crippen LogP contribution in [0.1, 0.15) is 40.1 Å². The van der Waals surface area contributed by atoms with Gasteiger partial charge < -0.3 is 10.3 Å². The molecule has 1 amide bonds. The minimum Gasteiger partial charge on any atom is -0.361 e. The molecule has 0 fully saturated rings. The highest BCUT2D eigenvalue weighted by Gasteiger charge is 2.20. The second kappa shape index (κ2) is 10.3. The van der Waals surface area contributed by atoms with Crippen LogP contribution in [-0.4, -0.2) is 38.2 Å². The lowest BCUT2D eigenvalue weighted by Crippen LogP contribution is -2.33. The highest BCUT2D eigenvalue weighted by atomic mass is 32.2. The molecule has 9 heteroatoms. The van der Waals surface area contributed by atoms with Gasteiger partial charge in [-0.05, 0) is 42.1 Å². The highest BCUT2D eigenvalue weighted by molar-refractivity contribution is 7.89. The minimum atomic E-state index is -3.82. The molecule has 0 aliphatic rings. The number of aromatic amines is 1. The predicted octanol–water partition coefficient (Wildman–Crippen LogP) is 4.05. The van der Waals surface area contributed by atoms with E-state index in [1.54, 1.807) is 17.4 Å². The van der Waals surface area contributed by atoms with E-state index in [2.05, 4.69) is 21.1 Å². The fourth-order valence-corrected chi connectivity index (χ4v) is 5.73. The normalized spacial score (nSPS) is 12.5. The molecule has 3 N–H and O–H groups in total. The van der Waals surface area contributed by atoms with Crippen molar-refractivity contribution < 1.29 is 18.0 Å². The Labute approximate surface area is 202 Å². The molecule has 1 unspecified atom stereocenters. The van der Waals surface area contributed by atoms with Gasteiger partial charge in [-0.2, -0.15) is 0 Å². The van der Waals surface area contributed by atoms with Crippen molar-refractivity contribution in [2.75, 3.05) is 13.1 Å². The Morgan fingerprint density at radius 1 is 1.06 bits per heavy atom. The van der Waals surface area contributed by atoms with E-state index in [1.165, 1.54) is 25.1 Å². The molecular formula is C25H25N3O4S2. The summed E-state index contributed by atoms with van der Waals surface area (Å²) >= 11 is 1.63. The number of benzene rings is 2. The van der Waals surface area contributed by atoms with Gasteiger partial charge in [-0.1, -0.05) is 36.4 Å². The molecule has 0 aliphatic heterocycles. The van der Waals surface area contributed by atoms with Gasteiger partial charge in [-0.15, -0.1) is 11.3 Å². The van der Waals surface area contributed by atoms with Crippen LogP contribution in [0.25, 0.3) is 10.9 Å². The fraction of sp³-hybridized carbons (Fsp3) is 0.200. The van der Waals surface area contributed by atoms with Crippen molar-refractivity contribution in [3.8, 4) is 0 Å². The predicted molar refractivity (Wildman–Crippen MR) is 134 cm³/mol. The summed E-state index contributed by atoms with van der Waals surface area (Å²) in [6.07, 6.45) is 1.97. The number of nitrogens with one attached hydrogen (secondary N) is 3. The molecule has 0 radical (unpaired) electrons. The number of rotatable bonds is 10. The van der Waals surface area contributed by atoms with E-state index >= 15 is 0 Å². The maximum Gasteiger partial charge on any atom is 0.240 e. The first kappa shape index (κ1) is 23.9. The van der Waals surface area contributed by atoms with Crippen LogP contribution in [0.4, 0.5) is 0 Å². The van der Waals surface area contributed by atoms with E-state index < -0.39 is 10.0 Å². The Morgan fingerprint density at radius 3 is 2.65 bits per heavy atom. The zero-order valence-corrected chi connectivity index (χ0v) is 20.2. The number of H-pyrrole nitrogens is 1. The summed E-state index contributed by atoms with van der Waals surface area (Å²) in [4.78, 5) is 28.5. The Kier molecular flexibility index (Phi) is 7.26. The van der Waals surface area contributed by atoms with Gasteiger partial charge in [0.15, 0.2) is 5.78 Å². The second-order valence-electron chi connectivity index (χ2n) is 7.89. The summed E-state index contributed by atoms with van der Waals surface area (Å²) in [6, 6.07) is 17.9. The number of Topliss-reactive ketones (excluding diaryl/α,β-unsaturated/α-hetero) is 1. The van der Waals surface area contributed by atoms with E-state index in [-0.39, 0.29) is 35.5 Å². The number of amides is 1. The van der Waals surface area contributed by atoms with Crippen LogP contribution in [0.2, 0.25) is 0 Å². The number of hydrogen-bond donors (Lipinski definition) is 3. The number of hydrogen-bond acceptors (Lipinski definition) is 5. The smallest absolute Gasteiger partial charge is 0.240 e. The molecule has 176 valence electrons. The summed E-state index contributed by atoms with van der Waals surface area (Å²) < 4.78 is 27.5. The van der Waals surface area contributed by atoms with Crippen molar-refractivity contribution >= 4 is 44.0 Å². The molecule has 2 aromatic heterocycles. The number of carbonyl (C=O) groups is 2. The third kappa shape index (κ3) is 5.44. The van der Waals surface area contributed by atoms with Crippen LogP contribution >= 0.6 is 11.3 Å². The number of carbonyl (C=O) groups excluding carboxylic acids is 2. The lowest BCUT2D eigenvalue weighted by Gasteiger charge is -2.16. The Morgan fingerprint density at radius 2 is 1.88 bits per heavy atom. The quantitative estimate of drug-likeness (QED) is 0.289.